The van der Waals surface area contributed by atoms with Crippen LogP contribution in [0.15, 0.2) is 205 Å². The van der Waals surface area contributed by atoms with Crippen LogP contribution in [0.1, 0.15) is 36.5 Å². The lowest BCUT2D eigenvalue weighted by Crippen LogP contribution is -2.38. The fraction of sp³-hybridized carbons (Fsp3) is 0.192. The van der Waals surface area contributed by atoms with Gasteiger partial charge in [0.25, 0.3) is 0 Å². The van der Waals surface area contributed by atoms with Crippen molar-refractivity contribution in [3.05, 3.63) is 222 Å². The third-order valence-electron chi connectivity index (χ3n) is 12.7. The number of hydrogen-bond acceptors (Lipinski definition) is 2. The third kappa shape index (κ3) is 5.15. The highest BCUT2D eigenvalue weighted by Crippen LogP contribution is 2.67. The summed E-state index contributed by atoms with van der Waals surface area (Å²) >= 11 is 0. The maximum atomic E-state index is 2.66. The molecule has 0 N–H and O–H groups in total. The Morgan fingerprint density at radius 3 is 1.89 bits per heavy atom. The molecule has 5 aromatic rings. The van der Waals surface area contributed by atoms with Gasteiger partial charge in [-0.05, 0) is 121 Å². The molecule has 0 saturated heterocycles. The number of benzene rings is 5. The van der Waals surface area contributed by atoms with E-state index in [-0.39, 0.29) is 23.3 Å². The number of rotatable bonds is 6. The molecule has 0 aliphatic heterocycles. The summed E-state index contributed by atoms with van der Waals surface area (Å²) in [5, 5.41) is 0. The molecule has 0 aromatic heterocycles. The minimum Gasteiger partial charge on any atom is -0.331 e. The average Bonchev–Trinajstić information content (AvgIpc) is 3.54. The van der Waals surface area contributed by atoms with Crippen LogP contribution in [0.25, 0.3) is 11.1 Å². The Kier molecular flexibility index (Phi) is 8.02. The van der Waals surface area contributed by atoms with Crippen molar-refractivity contribution >= 4 is 17.1 Å². The van der Waals surface area contributed by atoms with Gasteiger partial charge in [0.1, 0.15) is 0 Å². The van der Waals surface area contributed by atoms with Crippen molar-refractivity contribution in [1.82, 2.24) is 0 Å². The summed E-state index contributed by atoms with van der Waals surface area (Å²) in [5.41, 5.74) is 14.3. The lowest BCUT2D eigenvalue weighted by molar-refractivity contribution is 0.370. The molecule has 2 heteroatoms. The molecule has 5 unspecified atom stereocenters. The van der Waals surface area contributed by atoms with Crippen LogP contribution in [0.3, 0.4) is 0 Å². The largest absolute Gasteiger partial charge is 0.331 e. The Labute approximate surface area is 320 Å². The lowest BCUT2D eigenvalue weighted by Gasteiger charge is -2.40. The summed E-state index contributed by atoms with van der Waals surface area (Å²) in [4.78, 5) is 5.01. The molecule has 5 aliphatic carbocycles. The Hall–Kier alpha value is -5.86. The first-order valence-corrected chi connectivity index (χ1v) is 19.7. The van der Waals surface area contributed by atoms with Crippen molar-refractivity contribution in [3.8, 4) is 11.1 Å². The molecule has 1 spiro atoms. The minimum atomic E-state index is -0.232. The second kappa shape index (κ2) is 13.2. The van der Waals surface area contributed by atoms with Crippen molar-refractivity contribution in [2.75, 3.05) is 9.80 Å². The van der Waals surface area contributed by atoms with Crippen LogP contribution in [0.5, 0.6) is 0 Å². The van der Waals surface area contributed by atoms with Crippen molar-refractivity contribution in [2.45, 2.75) is 38.1 Å². The van der Waals surface area contributed by atoms with Gasteiger partial charge in [-0.25, -0.2) is 0 Å². The zero-order valence-electron chi connectivity index (χ0n) is 31.1. The fourth-order valence-corrected chi connectivity index (χ4v) is 10.5. The van der Waals surface area contributed by atoms with Gasteiger partial charge in [-0.3, -0.25) is 0 Å². The summed E-state index contributed by atoms with van der Waals surface area (Å²) < 4.78 is 0. The second-order valence-electron chi connectivity index (χ2n) is 15.8. The van der Waals surface area contributed by atoms with Crippen LogP contribution < -0.4 is 9.80 Å². The first kappa shape index (κ1) is 32.8. The smallest absolute Gasteiger partial charge is 0.0706 e. The number of para-hydroxylation sites is 2. The van der Waals surface area contributed by atoms with Gasteiger partial charge in [-0.2, -0.15) is 0 Å². The van der Waals surface area contributed by atoms with E-state index >= 15 is 0 Å². The molecule has 5 atom stereocenters. The van der Waals surface area contributed by atoms with E-state index in [1.165, 1.54) is 61.8 Å². The molecule has 1 fully saturated rings. The van der Waals surface area contributed by atoms with Crippen LogP contribution in [-0.2, 0) is 5.41 Å². The summed E-state index contributed by atoms with van der Waals surface area (Å²) in [5.74, 6) is 1.17. The fourth-order valence-electron chi connectivity index (χ4n) is 10.5. The number of allylic oxidation sites excluding steroid dienone is 8. The highest BCUT2D eigenvalue weighted by atomic mass is 15.2. The van der Waals surface area contributed by atoms with Crippen LogP contribution in [0.4, 0.5) is 17.1 Å². The van der Waals surface area contributed by atoms with Gasteiger partial charge in [0.15, 0.2) is 0 Å². The number of fused-ring (bicyclic) bond motifs is 10. The van der Waals surface area contributed by atoms with Gasteiger partial charge < -0.3 is 9.80 Å². The lowest BCUT2D eigenvalue weighted by atomic mass is 9.63. The molecule has 0 radical (unpaired) electrons. The molecule has 2 nitrogen and oxygen atoms in total. The first-order chi connectivity index (χ1) is 26.6. The highest BCUT2D eigenvalue weighted by Gasteiger charge is 2.62. The second-order valence-corrected chi connectivity index (χ2v) is 15.8. The SMILES string of the molecule is CC1=CC(N(C2=CC3C(C=C2)C2C=CC(N(c4ccccc4)c4cccc(C)c4)C=CC2C32c3ccccc3-c3ccccc32)c2ccccc2)=CCC1. The predicted molar refractivity (Wildman–Crippen MR) is 226 cm³/mol. The van der Waals surface area contributed by atoms with E-state index in [9.17, 15) is 0 Å². The van der Waals surface area contributed by atoms with Crippen LogP contribution in [0, 0.1) is 30.6 Å². The van der Waals surface area contributed by atoms with E-state index in [0.717, 1.165) is 12.8 Å². The number of anilines is 3. The molecule has 0 heterocycles. The van der Waals surface area contributed by atoms with E-state index in [1.807, 2.05) is 0 Å². The molecule has 5 aromatic carbocycles. The van der Waals surface area contributed by atoms with E-state index in [1.54, 1.807) is 0 Å². The molecule has 10 rings (SSSR count). The molecule has 54 heavy (non-hydrogen) atoms. The van der Waals surface area contributed by atoms with Crippen LogP contribution in [0.2, 0.25) is 0 Å². The Morgan fingerprint density at radius 2 is 1.19 bits per heavy atom. The highest BCUT2D eigenvalue weighted by molar-refractivity contribution is 5.83. The van der Waals surface area contributed by atoms with Crippen molar-refractivity contribution < 1.29 is 0 Å². The minimum absolute atomic E-state index is 0.0719. The molecule has 264 valence electrons. The Bertz CT molecular complexity index is 2360. The maximum Gasteiger partial charge on any atom is 0.0706 e. The summed E-state index contributed by atoms with van der Waals surface area (Å²) in [6.45, 7) is 4.46. The Balaban J connectivity index is 1.16. The van der Waals surface area contributed by atoms with Crippen LogP contribution >= 0.6 is 0 Å². The van der Waals surface area contributed by atoms with Gasteiger partial charge in [-0.1, -0.05) is 145 Å². The predicted octanol–water partition coefficient (Wildman–Crippen LogP) is 12.7. The number of hydrogen-bond donors (Lipinski definition) is 0. The van der Waals surface area contributed by atoms with Crippen molar-refractivity contribution in [2.24, 2.45) is 23.7 Å². The standard InChI is InChI=1S/C52H46N2/c1-36-15-13-21-41(33-36)53(38-17-5-3-6-18-38)40-27-30-46-47-31-28-43(54(39-19-7-4-8-20-39)42-22-14-16-37(2)34-42)35-51(47)52(50(46)32-29-40)48-25-11-9-23-44(48)45-24-10-12-26-49(45)52/h3-13,15,17-35,40,46-47,50-51H,14,16H2,1-2H3. The van der Waals surface area contributed by atoms with Crippen LogP contribution in [-0.4, -0.2) is 6.04 Å². The monoisotopic (exact) mass is 698 g/mol. The third-order valence-corrected chi connectivity index (χ3v) is 12.7. The van der Waals surface area contributed by atoms with E-state index in [2.05, 4.69) is 212 Å². The molecular formula is C52H46N2. The molecule has 5 aliphatic rings. The molecule has 0 bridgehead atoms. The zero-order valence-corrected chi connectivity index (χ0v) is 31.1. The quantitative estimate of drug-likeness (QED) is 0.163. The summed E-state index contributed by atoms with van der Waals surface area (Å²) in [7, 11) is 0. The Morgan fingerprint density at radius 1 is 0.556 bits per heavy atom. The van der Waals surface area contributed by atoms with Gasteiger partial charge in [-0.15, -0.1) is 0 Å². The molecular weight excluding hydrogens is 653 g/mol. The first-order valence-electron chi connectivity index (χ1n) is 19.7. The van der Waals surface area contributed by atoms with E-state index < -0.39 is 0 Å². The number of aryl methyl sites for hydroxylation is 1. The van der Waals surface area contributed by atoms with E-state index in [4.69, 9.17) is 0 Å². The zero-order chi connectivity index (χ0) is 36.2. The van der Waals surface area contributed by atoms with Gasteiger partial charge >= 0.3 is 0 Å². The normalized spacial score (nSPS) is 24.0. The van der Waals surface area contributed by atoms with Gasteiger partial charge in [0.05, 0.1) is 6.04 Å². The van der Waals surface area contributed by atoms with Crippen molar-refractivity contribution in [3.63, 3.8) is 0 Å². The van der Waals surface area contributed by atoms with E-state index in [0.29, 0.717) is 11.8 Å². The average molecular weight is 699 g/mol. The summed E-state index contributed by atoms with van der Waals surface area (Å²) in [6, 6.07) is 49.4. The topological polar surface area (TPSA) is 6.48 Å². The van der Waals surface area contributed by atoms with Gasteiger partial charge in [0, 0.05) is 39.8 Å². The summed E-state index contributed by atoms with van der Waals surface area (Å²) in [6.07, 6.45) is 24.9. The number of nitrogens with zero attached hydrogens (tertiary/aromatic N) is 2. The molecule has 1 saturated carbocycles. The molecule has 0 amide bonds. The van der Waals surface area contributed by atoms with Crippen molar-refractivity contribution in [1.29, 1.82) is 0 Å². The maximum absolute atomic E-state index is 2.66. The van der Waals surface area contributed by atoms with Gasteiger partial charge in [0.2, 0.25) is 0 Å².